The van der Waals surface area contributed by atoms with Gasteiger partial charge in [-0.1, -0.05) is 26.7 Å². The summed E-state index contributed by atoms with van der Waals surface area (Å²) in [5, 5.41) is 9.32. The van der Waals surface area contributed by atoms with Crippen molar-refractivity contribution in [2.24, 2.45) is 11.3 Å². The predicted molar refractivity (Wildman–Crippen MR) is 67.6 cm³/mol. The maximum atomic E-state index is 12.6. The lowest BCUT2D eigenvalue weighted by Crippen LogP contribution is -2.46. The Bertz CT molecular complexity index is 288. The molecule has 0 aromatic carbocycles. The fourth-order valence-electron chi connectivity index (χ4n) is 3.47. The average molecular weight is 239 g/mol. The largest absolute Gasteiger partial charge is 0.394 e. The van der Waals surface area contributed by atoms with Gasteiger partial charge in [0.2, 0.25) is 5.91 Å². The molecule has 1 saturated carbocycles. The van der Waals surface area contributed by atoms with Gasteiger partial charge in [0.05, 0.1) is 12.6 Å². The number of nitrogens with zero attached hydrogens (tertiary/aromatic N) is 1. The molecule has 1 heterocycles. The van der Waals surface area contributed by atoms with Gasteiger partial charge in [-0.3, -0.25) is 4.79 Å². The van der Waals surface area contributed by atoms with E-state index in [1.54, 1.807) is 0 Å². The normalized spacial score (nSPS) is 32.8. The standard InChI is InChI=1S/C14H25NO2/c1-14(2)8-4-3-7-12(14)13(17)15-9-5-6-11(15)10-16/h11-12,16H,3-10H2,1-2H3/t11-,12?/m1/s1. The van der Waals surface area contributed by atoms with Crippen molar-refractivity contribution in [2.75, 3.05) is 13.2 Å². The predicted octanol–water partition coefficient (Wildman–Crippen LogP) is 2.19. The van der Waals surface area contributed by atoms with Crippen LogP contribution in [0, 0.1) is 11.3 Å². The summed E-state index contributed by atoms with van der Waals surface area (Å²) in [4.78, 5) is 14.5. The third kappa shape index (κ3) is 2.49. The molecule has 17 heavy (non-hydrogen) atoms. The van der Waals surface area contributed by atoms with E-state index in [4.69, 9.17) is 0 Å². The highest BCUT2D eigenvalue weighted by atomic mass is 16.3. The number of amides is 1. The van der Waals surface area contributed by atoms with Gasteiger partial charge < -0.3 is 10.0 Å². The zero-order chi connectivity index (χ0) is 12.5. The second-order valence-corrected chi connectivity index (χ2v) is 6.30. The molecular weight excluding hydrogens is 214 g/mol. The number of aliphatic hydroxyl groups is 1. The van der Waals surface area contributed by atoms with Gasteiger partial charge in [0.25, 0.3) is 0 Å². The van der Waals surface area contributed by atoms with Gasteiger partial charge >= 0.3 is 0 Å². The van der Waals surface area contributed by atoms with Crippen LogP contribution >= 0.6 is 0 Å². The quantitative estimate of drug-likeness (QED) is 0.802. The van der Waals surface area contributed by atoms with E-state index in [0.717, 1.165) is 32.2 Å². The smallest absolute Gasteiger partial charge is 0.226 e. The SMILES string of the molecule is CC1(C)CCCCC1C(=O)N1CCC[C@@H]1CO. The van der Waals surface area contributed by atoms with Crippen molar-refractivity contribution >= 4 is 5.91 Å². The molecule has 3 heteroatoms. The molecule has 2 fully saturated rings. The summed E-state index contributed by atoms with van der Waals surface area (Å²) in [7, 11) is 0. The van der Waals surface area contributed by atoms with Gasteiger partial charge in [0, 0.05) is 12.5 Å². The van der Waals surface area contributed by atoms with Gasteiger partial charge in [-0.05, 0) is 31.1 Å². The molecule has 1 unspecified atom stereocenters. The number of hydrogen-bond acceptors (Lipinski definition) is 2. The fraction of sp³-hybridized carbons (Fsp3) is 0.929. The van der Waals surface area contributed by atoms with E-state index in [2.05, 4.69) is 13.8 Å². The van der Waals surface area contributed by atoms with E-state index in [1.807, 2.05) is 4.90 Å². The summed E-state index contributed by atoms with van der Waals surface area (Å²) in [5.74, 6) is 0.467. The maximum absolute atomic E-state index is 12.6. The lowest BCUT2D eigenvalue weighted by molar-refractivity contribution is -0.142. The first-order valence-electron chi connectivity index (χ1n) is 6.97. The monoisotopic (exact) mass is 239 g/mol. The zero-order valence-corrected chi connectivity index (χ0v) is 11.1. The van der Waals surface area contributed by atoms with Crippen molar-refractivity contribution in [1.29, 1.82) is 0 Å². The summed E-state index contributed by atoms with van der Waals surface area (Å²) < 4.78 is 0. The summed E-state index contributed by atoms with van der Waals surface area (Å²) in [6.45, 7) is 5.41. The Balaban J connectivity index is 2.08. The van der Waals surface area contributed by atoms with Crippen LogP contribution in [-0.4, -0.2) is 35.1 Å². The molecule has 2 aliphatic rings. The molecule has 1 aliphatic heterocycles. The highest BCUT2D eigenvalue weighted by molar-refractivity contribution is 5.80. The van der Waals surface area contributed by atoms with E-state index in [9.17, 15) is 9.90 Å². The Morgan fingerprint density at radius 1 is 1.29 bits per heavy atom. The number of carbonyl (C=O) groups excluding carboxylic acids is 1. The van der Waals surface area contributed by atoms with Crippen LogP contribution in [0.1, 0.15) is 52.4 Å². The molecular formula is C14H25NO2. The van der Waals surface area contributed by atoms with Crippen molar-refractivity contribution in [3.63, 3.8) is 0 Å². The van der Waals surface area contributed by atoms with Gasteiger partial charge in [-0.25, -0.2) is 0 Å². The van der Waals surface area contributed by atoms with Crippen molar-refractivity contribution in [3.05, 3.63) is 0 Å². The van der Waals surface area contributed by atoms with Crippen LogP contribution in [-0.2, 0) is 4.79 Å². The molecule has 0 radical (unpaired) electrons. The van der Waals surface area contributed by atoms with Crippen molar-refractivity contribution in [2.45, 2.75) is 58.4 Å². The van der Waals surface area contributed by atoms with Crippen LogP contribution in [0.15, 0.2) is 0 Å². The number of likely N-dealkylation sites (tertiary alicyclic amines) is 1. The molecule has 3 nitrogen and oxygen atoms in total. The van der Waals surface area contributed by atoms with E-state index in [-0.39, 0.29) is 24.0 Å². The lowest BCUT2D eigenvalue weighted by atomic mass is 9.68. The third-order valence-electron chi connectivity index (χ3n) is 4.68. The Kier molecular flexibility index (Phi) is 3.76. The van der Waals surface area contributed by atoms with Crippen molar-refractivity contribution in [3.8, 4) is 0 Å². The fourth-order valence-corrected chi connectivity index (χ4v) is 3.47. The van der Waals surface area contributed by atoms with Crippen LogP contribution in [0.3, 0.4) is 0 Å². The lowest BCUT2D eigenvalue weighted by Gasteiger charge is -2.40. The molecule has 0 bridgehead atoms. The summed E-state index contributed by atoms with van der Waals surface area (Å²) in [5.41, 5.74) is 0.137. The van der Waals surface area contributed by atoms with Crippen molar-refractivity contribution < 1.29 is 9.90 Å². The van der Waals surface area contributed by atoms with Gasteiger partial charge in [0.15, 0.2) is 0 Å². The molecule has 2 atom stereocenters. The summed E-state index contributed by atoms with van der Waals surface area (Å²) >= 11 is 0. The van der Waals surface area contributed by atoms with Crippen LogP contribution < -0.4 is 0 Å². The second-order valence-electron chi connectivity index (χ2n) is 6.30. The maximum Gasteiger partial charge on any atom is 0.226 e. The molecule has 0 aromatic rings. The Labute approximate surface area is 104 Å². The van der Waals surface area contributed by atoms with Crippen molar-refractivity contribution in [1.82, 2.24) is 4.90 Å². The zero-order valence-electron chi connectivity index (χ0n) is 11.1. The Morgan fingerprint density at radius 3 is 2.71 bits per heavy atom. The number of hydrogen-bond donors (Lipinski definition) is 1. The second kappa shape index (κ2) is 4.97. The van der Waals surface area contributed by atoms with Crippen LogP contribution in [0.5, 0.6) is 0 Å². The van der Waals surface area contributed by atoms with Gasteiger partial charge in [-0.15, -0.1) is 0 Å². The molecule has 0 aromatic heterocycles. The van der Waals surface area contributed by atoms with Crippen LogP contribution in [0.2, 0.25) is 0 Å². The summed E-state index contributed by atoms with van der Waals surface area (Å²) in [6, 6.07) is 0.0835. The first-order valence-corrected chi connectivity index (χ1v) is 6.97. The molecule has 0 spiro atoms. The molecule has 2 rings (SSSR count). The minimum Gasteiger partial charge on any atom is -0.394 e. The van der Waals surface area contributed by atoms with E-state index in [1.165, 1.54) is 12.8 Å². The van der Waals surface area contributed by atoms with Gasteiger partial charge in [0.1, 0.15) is 0 Å². The topological polar surface area (TPSA) is 40.5 Å². The van der Waals surface area contributed by atoms with E-state index >= 15 is 0 Å². The third-order valence-corrected chi connectivity index (χ3v) is 4.68. The minimum atomic E-state index is 0.0835. The molecule has 1 N–H and O–H groups in total. The van der Waals surface area contributed by atoms with E-state index in [0.29, 0.717) is 5.91 Å². The molecule has 98 valence electrons. The van der Waals surface area contributed by atoms with E-state index < -0.39 is 0 Å². The molecule has 1 saturated heterocycles. The number of rotatable bonds is 2. The molecule has 1 aliphatic carbocycles. The molecule has 1 amide bonds. The Hall–Kier alpha value is -0.570. The first-order chi connectivity index (χ1) is 8.06. The first kappa shape index (κ1) is 12.9. The summed E-state index contributed by atoms with van der Waals surface area (Å²) in [6.07, 6.45) is 6.62. The minimum absolute atomic E-state index is 0.0835. The van der Waals surface area contributed by atoms with Crippen LogP contribution in [0.25, 0.3) is 0 Å². The average Bonchev–Trinajstić information content (AvgIpc) is 2.75. The highest BCUT2D eigenvalue weighted by Gasteiger charge is 2.41. The van der Waals surface area contributed by atoms with Gasteiger partial charge in [-0.2, -0.15) is 0 Å². The number of aliphatic hydroxyl groups excluding tert-OH is 1. The highest BCUT2D eigenvalue weighted by Crippen LogP contribution is 2.42. The van der Waals surface area contributed by atoms with Crippen LogP contribution in [0.4, 0.5) is 0 Å². The Morgan fingerprint density at radius 2 is 2.06 bits per heavy atom. The number of carbonyl (C=O) groups is 1.